The SMILES string of the molecule is C[N+](C)(C)Cc1ccccc1-c1ccccc1.[Br-]. The Kier molecular flexibility index (Phi) is 5.12. The van der Waals surface area contributed by atoms with Gasteiger partial charge in [-0.3, -0.25) is 0 Å². The van der Waals surface area contributed by atoms with Gasteiger partial charge in [-0.15, -0.1) is 0 Å². The molecule has 0 spiro atoms. The molecular formula is C16H20BrN. The highest BCUT2D eigenvalue weighted by Gasteiger charge is 2.12. The average molecular weight is 306 g/mol. The summed E-state index contributed by atoms with van der Waals surface area (Å²) in [7, 11) is 6.67. The number of nitrogens with zero attached hydrogens (tertiary/aromatic N) is 1. The van der Waals surface area contributed by atoms with Crippen LogP contribution in [0.4, 0.5) is 0 Å². The van der Waals surface area contributed by atoms with E-state index in [0.29, 0.717) is 0 Å². The van der Waals surface area contributed by atoms with Gasteiger partial charge in [0.15, 0.2) is 0 Å². The van der Waals surface area contributed by atoms with Crippen molar-refractivity contribution in [1.29, 1.82) is 0 Å². The van der Waals surface area contributed by atoms with E-state index in [4.69, 9.17) is 0 Å². The smallest absolute Gasteiger partial charge is 0.104 e. The summed E-state index contributed by atoms with van der Waals surface area (Å²) in [5.41, 5.74) is 4.06. The summed E-state index contributed by atoms with van der Waals surface area (Å²) in [6.07, 6.45) is 0. The number of halogens is 1. The maximum Gasteiger partial charge on any atom is 0.104 e. The minimum Gasteiger partial charge on any atom is -1.00 e. The van der Waals surface area contributed by atoms with Crippen LogP contribution in [0.15, 0.2) is 54.6 Å². The number of benzene rings is 2. The molecule has 0 aromatic heterocycles. The molecular weight excluding hydrogens is 286 g/mol. The third-order valence-corrected chi connectivity index (χ3v) is 2.75. The third-order valence-electron chi connectivity index (χ3n) is 2.75. The van der Waals surface area contributed by atoms with Crippen LogP contribution < -0.4 is 17.0 Å². The van der Waals surface area contributed by atoms with Gasteiger partial charge in [0.2, 0.25) is 0 Å². The molecule has 96 valence electrons. The average Bonchev–Trinajstić information content (AvgIpc) is 2.29. The van der Waals surface area contributed by atoms with Crippen LogP contribution in [0.3, 0.4) is 0 Å². The van der Waals surface area contributed by atoms with Gasteiger partial charge in [-0.25, -0.2) is 0 Å². The van der Waals surface area contributed by atoms with Crippen molar-refractivity contribution >= 4 is 0 Å². The molecule has 18 heavy (non-hydrogen) atoms. The fourth-order valence-electron chi connectivity index (χ4n) is 2.07. The van der Waals surface area contributed by atoms with E-state index >= 15 is 0 Å². The molecule has 2 heteroatoms. The summed E-state index contributed by atoms with van der Waals surface area (Å²) in [4.78, 5) is 0. The van der Waals surface area contributed by atoms with Crippen molar-refractivity contribution in [2.75, 3.05) is 21.1 Å². The van der Waals surface area contributed by atoms with Crippen molar-refractivity contribution in [2.24, 2.45) is 0 Å². The molecule has 1 nitrogen and oxygen atoms in total. The van der Waals surface area contributed by atoms with Crippen molar-refractivity contribution in [1.82, 2.24) is 0 Å². The van der Waals surface area contributed by atoms with Gasteiger partial charge in [0.1, 0.15) is 6.54 Å². The Morgan fingerprint density at radius 3 is 1.94 bits per heavy atom. The highest BCUT2D eigenvalue weighted by atomic mass is 79.9. The van der Waals surface area contributed by atoms with E-state index in [-0.39, 0.29) is 17.0 Å². The number of rotatable bonds is 3. The first-order valence-corrected chi connectivity index (χ1v) is 6.00. The predicted molar refractivity (Wildman–Crippen MR) is 73.6 cm³/mol. The van der Waals surface area contributed by atoms with Crippen molar-refractivity contribution in [3.63, 3.8) is 0 Å². The van der Waals surface area contributed by atoms with Crippen LogP contribution in [0.5, 0.6) is 0 Å². The number of hydrogen-bond acceptors (Lipinski definition) is 0. The second-order valence-corrected chi connectivity index (χ2v) is 5.47. The van der Waals surface area contributed by atoms with Gasteiger partial charge in [0.25, 0.3) is 0 Å². The molecule has 0 aliphatic heterocycles. The molecule has 0 atom stereocenters. The highest BCUT2D eigenvalue weighted by Crippen LogP contribution is 2.24. The molecule has 0 aliphatic rings. The Balaban J connectivity index is 0.00000162. The lowest BCUT2D eigenvalue weighted by Gasteiger charge is -2.25. The molecule has 0 unspecified atom stereocenters. The topological polar surface area (TPSA) is 0 Å². The maximum atomic E-state index is 2.23. The Labute approximate surface area is 120 Å². The summed E-state index contributed by atoms with van der Waals surface area (Å²) in [6, 6.07) is 19.3. The molecule has 2 aromatic rings. The normalized spacial score (nSPS) is 10.8. The van der Waals surface area contributed by atoms with Gasteiger partial charge < -0.3 is 21.5 Å². The Morgan fingerprint density at radius 2 is 1.33 bits per heavy atom. The molecule has 0 amide bonds. The van der Waals surface area contributed by atoms with Crippen LogP contribution in [0.25, 0.3) is 11.1 Å². The Bertz CT molecular complexity index is 486. The fraction of sp³-hybridized carbons (Fsp3) is 0.250. The zero-order valence-electron chi connectivity index (χ0n) is 11.2. The maximum absolute atomic E-state index is 2.23. The minimum atomic E-state index is 0. The van der Waals surface area contributed by atoms with Crippen LogP contribution >= 0.6 is 0 Å². The van der Waals surface area contributed by atoms with Crippen molar-refractivity contribution in [2.45, 2.75) is 6.54 Å². The van der Waals surface area contributed by atoms with Gasteiger partial charge in [-0.1, -0.05) is 54.6 Å². The van der Waals surface area contributed by atoms with Crippen LogP contribution in [0.1, 0.15) is 5.56 Å². The molecule has 0 heterocycles. The Hall–Kier alpha value is -1.12. The Morgan fingerprint density at radius 1 is 0.778 bits per heavy atom. The molecule has 0 bridgehead atoms. The lowest BCUT2D eigenvalue weighted by Crippen LogP contribution is -3.00. The first-order valence-electron chi connectivity index (χ1n) is 6.00. The summed E-state index contributed by atoms with van der Waals surface area (Å²) >= 11 is 0. The van der Waals surface area contributed by atoms with Crippen molar-refractivity contribution in [3.8, 4) is 11.1 Å². The summed E-state index contributed by atoms with van der Waals surface area (Å²) in [5.74, 6) is 0. The standard InChI is InChI=1S/C16H20N.BrH/c1-17(2,3)13-15-11-7-8-12-16(15)14-9-5-4-6-10-14;/h4-12H,13H2,1-3H3;1H/q+1;/p-1. The third kappa shape index (κ3) is 3.97. The van der Waals surface area contributed by atoms with E-state index in [2.05, 4.69) is 75.7 Å². The quantitative estimate of drug-likeness (QED) is 0.727. The molecule has 2 rings (SSSR count). The van der Waals surface area contributed by atoms with Gasteiger partial charge >= 0.3 is 0 Å². The van der Waals surface area contributed by atoms with Crippen LogP contribution in [0, 0.1) is 0 Å². The van der Waals surface area contributed by atoms with Crippen LogP contribution in [0.2, 0.25) is 0 Å². The molecule has 0 fully saturated rings. The van der Waals surface area contributed by atoms with E-state index in [1.165, 1.54) is 16.7 Å². The fourth-order valence-corrected chi connectivity index (χ4v) is 2.07. The van der Waals surface area contributed by atoms with Gasteiger partial charge in [-0.05, 0) is 11.1 Å². The van der Waals surface area contributed by atoms with E-state index in [1.807, 2.05) is 0 Å². The number of quaternary nitrogens is 1. The first-order chi connectivity index (χ1) is 8.06. The first kappa shape index (κ1) is 14.9. The predicted octanol–water partition coefficient (Wildman–Crippen LogP) is 0.564. The largest absolute Gasteiger partial charge is 1.00 e. The van der Waals surface area contributed by atoms with Gasteiger partial charge in [0, 0.05) is 5.56 Å². The van der Waals surface area contributed by atoms with E-state index < -0.39 is 0 Å². The van der Waals surface area contributed by atoms with Crippen LogP contribution in [-0.2, 0) is 6.54 Å². The van der Waals surface area contributed by atoms with Gasteiger partial charge in [0.05, 0.1) is 21.1 Å². The molecule has 0 aliphatic carbocycles. The molecule has 2 aromatic carbocycles. The number of hydrogen-bond donors (Lipinski definition) is 0. The van der Waals surface area contributed by atoms with Crippen molar-refractivity contribution in [3.05, 3.63) is 60.2 Å². The zero-order chi connectivity index (χ0) is 12.3. The van der Waals surface area contributed by atoms with Gasteiger partial charge in [-0.2, -0.15) is 0 Å². The molecule has 0 saturated carbocycles. The van der Waals surface area contributed by atoms with E-state index in [9.17, 15) is 0 Å². The lowest BCUT2D eigenvalue weighted by molar-refractivity contribution is -0.883. The van der Waals surface area contributed by atoms with Crippen LogP contribution in [-0.4, -0.2) is 25.6 Å². The molecule has 0 radical (unpaired) electrons. The minimum absolute atomic E-state index is 0. The zero-order valence-corrected chi connectivity index (χ0v) is 12.8. The second-order valence-electron chi connectivity index (χ2n) is 5.47. The second kappa shape index (κ2) is 6.17. The lowest BCUT2D eigenvalue weighted by atomic mass is 9.99. The summed E-state index contributed by atoms with van der Waals surface area (Å²) in [5, 5.41) is 0. The summed E-state index contributed by atoms with van der Waals surface area (Å²) in [6.45, 7) is 1.05. The monoisotopic (exact) mass is 305 g/mol. The van der Waals surface area contributed by atoms with Crippen molar-refractivity contribution < 1.29 is 21.5 Å². The molecule has 0 N–H and O–H groups in total. The summed E-state index contributed by atoms with van der Waals surface area (Å²) < 4.78 is 0.948. The van der Waals surface area contributed by atoms with E-state index in [1.54, 1.807) is 0 Å². The molecule has 0 saturated heterocycles. The highest BCUT2D eigenvalue weighted by molar-refractivity contribution is 5.66. The van der Waals surface area contributed by atoms with E-state index in [0.717, 1.165) is 11.0 Å².